The Morgan fingerprint density at radius 2 is 1.91 bits per heavy atom. The van der Waals surface area contributed by atoms with E-state index in [1.807, 2.05) is 12.1 Å². The summed E-state index contributed by atoms with van der Waals surface area (Å²) < 4.78 is 0. The summed E-state index contributed by atoms with van der Waals surface area (Å²) in [7, 11) is 0. The number of aliphatic hydroxyl groups excluding tert-OH is 1. The predicted molar refractivity (Wildman–Crippen MR) is 91.2 cm³/mol. The smallest absolute Gasteiger partial charge is 0.0985 e. The van der Waals surface area contributed by atoms with E-state index in [-0.39, 0.29) is 11.5 Å². The summed E-state index contributed by atoms with van der Waals surface area (Å²) in [5.74, 6) is 0. The number of nitrogens with zero attached hydrogens (tertiary/aromatic N) is 2. The molecule has 0 bridgehead atoms. The highest BCUT2D eigenvalue weighted by Gasteiger charge is 2.22. The number of aliphatic hydroxyl groups is 1. The van der Waals surface area contributed by atoms with Gasteiger partial charge in [0.1, 0.15) is 0 Å². The van der Waals surface area contributed by atoms with Crippen LogP contribution in [0.2, 0.25) is 0 Å². The first-order valence-corrected chi connectivity index (χ1v) is 8.40. The Labute approximate surface area is 136 Å². The number of aryl methyl sites for hydroxylation is 1. The molecule has 120 valence electrons. The number of rotatable bonds is 5. The summed E-state index contributed by atoms with van der Waals surface area (Å²) in [5, 5.41) is 14.8. The fourth-order valence-electron chi connectivity index (χ4n) is 2.22. The van der Waals surface area contributed by atoms with Crippen LogP contribution in [0.25, 0.3) is 0 Å². The van der Waals surface area contributed by atoms with Crippen molar-refractivity contribution >= 4 is 11.3 Å². The zero-order valence-electron chi connectivity index (χ0n) is 13.9. The molecule has 2 heterocycles. The molecule has 0 saturated carbocycles. The Balaban J connectivity index is 2.01. The maximum atomic E-state index is 10.2. The van der Waals surface area contributed by atoms with Crippen LogP contribution in [-0.2, 0) is 5.41 Å². The van der Waals surface area contributed by atoms with Gasteiger partial charge in [-0.15, -0.1) is 11.3 Å². The Bertz CT molecular complexity index is 604. The second kappa shape index (κ2) is 6.86. The highest BCUT2D eigenvalue weighted by Crippen LogP contribution is 2.32. The topological polar surface area (TPSA) is 58.0 Å². The van der Waals surface area contributed by atoms with Crippen LogP contribution in [0.1, 0.15) is 61.0 Å². The minimum absolute atomic E-state index is 0.0734. The van der Waals surface area contributed by atoms with E-state index in [4.69, 9.17) is 4.98 Å². The number of pyridine rings is 1. The molecule has 2 aromatic heterocycles. The molecule has 0 amide bonds. The highest BCUT2D eigenvalue weighted by atomic mass is 32.1. The van der Waals surface area contributed by atoms with Crippen LogP contribution in [0.15, 0.2) is 24.5 Å². The molecule has 0 saturated heterocycles. The van der Waals surface area contributed by atoms with Gasteiger partial charge in [-0.05, 0) is 31.5 Å². The van der Waals surface area contributed by atoms with Crippen LogP contribution < -0.4 is 5.32 Å². The van der Waals surface area contributed by atoms with Gasteiger partial charge in [0.15, 0.2) is 0 Å². The predicted octanol–water partition coefficient (Wildman–Crippen LogP) is 3.53. The van der Waals surface area contributed by atoms with E-state index in [0.717, 1.165) is 16.3 Å². The van der Waals surface area contributed by atoms with Crippen LogP contribution in [0, 0.1) is 6.92 Å². The fourth-order valence-corrected chi connectivity index (χ4v) is 3.37. The molecule has 0 aliphatic carbocycles. The lowest BCUT2D eigenvalue weighted by Crippen LogP contribution is -2.24. The Kier molecular flexibility index (Phi) is 5.32. The summed E-state index contributed by atoms with van der Waals surface area (Å²) in [4.78, 5) is 9.91. The van der Waals surface area contributed by atoms with E-state index in [1.54, 1.807) is 23.7 Å². The largest absolute Gasteiger partial charge is 0.387 e. The van der Waals surface area contributed by atoms with E-state index in [2.05, 4.69) is 44.9 Å². The summed E-state index contributed by atoms with van der Waals surface area (Å²) in [6.45, 7) is 11.2. The third-order valence-corrected chi connectivity index (χ3v) is 5.34. The monoisotopic (exact) mass is 319 g/mol. The lowest BCUT2D eigenvalue weighted by Gasteiger charge is -2.17. The molecule has 22 heavy (non-hydrogen) atoms. The fraction of sp³-hybridized carbons (Fsp3) is 0.529. The molecule has 2 atom stereocenters. The van der Waals surface area contributed by atoms with Crippen molar-refractivity contribution in [3.63, 3.8) is 0 Å². The summed E-state index contributed by atoms with van der Waals surface area (Å²) in [6, 6.07) is 3.85. The van der Waals surface area contributed by atoms with Crippen LogP contribution in [-0.4, -0.2) is 21.6 Å². The second-order valence-corrected chi connectivity index (χ2v) is 7.68. The number of aromatic nitrogens is 2. The molecule has 0 aliphatic rings. The zero-order chi connectivity index (χ0) is 16.3. The normalized spacial score (nSPS) is 14.8. The van der Waals surface area contributed by atoms with Gasteiger partial charge < -0.3 is 10.4 Å². The second-order valence-electron chi connectivity index (χ2n) is 6.64. The summed E-state index contributed by atoms with van der Waals surface area (Å²) in [6.07, 6.45) is 2.87. The molecule has 0 radical (unpaired) electrons. The van der Waals surface area contributed by atoms with Crippen molar-refractivity contribution in [2.75, 3.05) is 6.54 Å². The Morgan fingerprint density at radius 1 is 1.27 bits per heavy atom. The molecule has 2 unspecified atom stereocenters. The maximum absolute atomic E-state index is 10.2. The molecule has 0 aliphatic heterocycles. The van der Waals surface area contributed by atoms with Crippen molar-refractivity contribution in [3.8, 4) is 0 Å². The summed E-state index contributed by atoms with van der Waals surface area (Å²) in [5.41, 5.74) is 2.03. The van der Waals surface area contributed by atoms with E-state index >= 15 is 0 Å². The van der Waals surface area contributed by atoms with Gasteiger partial charge in [0.05, 0.1) is 16.8 Å². The van der Waals surface area contributed by atoms with Gasteiger partial charge in [-0.1, -0.05) is 20.8 Å². The van der Waals surface area contributed by atoms with Crippen LogP contribution >= 0.6 is 11.3 Å². The molecule has 0 aromatic carbocycles. The minimum atomic E-state index is -0.527. The molecule has 0 fully saturated rings. The van der Waals surface area contributed by atoms with Crippen molar-refractivity contribution < 1.29 is 5.11 Å². The number of thiazole rings is 1. The SMILES string of the molecule is Cc1nc(C(C)(C)C)sc1C(C)NCC(O)c1ccncc1. The van der Waals surface area contributed by atoms with Gasteiger partial charge in [0, 0.05) is 35.3 Å². The molecule has 4 nitrogen and oxygen atoms in total. The highest BCUT2D eigenvalue weighted by molar-refractivity contribution is 7.12. The first kappa shape index (κ1) is 17.1. The zero-order valence-corrected chi connectivity index (χ0v) is 14.7. The van der Waals surface area contributed by atoms with Gasteiger partial charge in [0.25, 0.3) is 0 Å². The Morgan fingerprint density at radius 3 is 2.45 bits per heavy atom. The Hall–Kier alpha value is -1.30. The molecule has 5 heteroatoms. The van der Waals surface area contributed by atoms with E-state index in [0.29, 0.717) is 6.54 Å². The van der Waals surface area contributed by atoms with Gasteiger partial charge in [-0.2, -0.15) is 0 Å². The van der Waals surface area contributed by atoms with Crippen molar-refractivity contribution in [3.05, 3.63) is 45.7 Å². The quantitative estimate of drug-likeness (QED) is 0.885. The van der Waals surface area contributed by atoms with E-state index in [1.165, 1.54) is 4.88 Å². The average molecular weight is 319 g/mol. The standard InChI is InChI=1S/C17H25N3OS/c1-11(15-12(2)20-16(22-15)17(3,4)5)19-10-14(21)13-6-8-18-9-7-13/h6-9,11,14,19,21H,10H2,1-5H3. The van der Waals surface area contributed by atoms with E-state index in [9.17, 15) is 5.11 Å². The molecular formula is C17H25N3OS. The lowest BCUT2D eigenvalue weighted by molar-refractivity contribution is 0.171. The maximum Gasteiger partial charge on any atom is 0.0985 e. The first-order valence-electron chi connectivity index (χ1n) is 7.58. The number of nitrogens with one attached hydrogen (secondary N) is 1. The average Bonchev–Trinajstić information content (AvgIpc) is 2.87. The third kappa shape index (κ3) is 4.12. The van der Waals surface area contributed by atoms with Crippen molar-refractivity contribution in [1.29, 1.82) is 0 Å². The minimum Gasteiger partial charge on any atom is -0.387 e. The van der Waals surface area contributed by atoms with Gasteiger partial charge in [-0.3, -0.25) is 4.98 Å². The van der Waals surface area contributed by atoms with E-state index < -0.39 is 6.10 Å². The van der Waals surface area contributed by atoms with Crippen LogP contribution in [0.4, 0.5) is 0 Å². The van der Waals surface area contributed by atoms with Gasteiger partial charge in [-0.25, -0.2) is 4.98 Å². The van der Waals surface area contributed by atoms with Crippen LogP contribution in [0.3, 0.4) is 0 Å². The van der Waals surface area contributed by atoms with Gasteiger partial charge >= 0.3 is 0 Å². The third-order valence-electron chi connectivity index (χ3n) is 3.58. The molecule has 2 N–H and O–H groups in total. The first-order chi connectivity index (χ1) is 10.3. The van der Waals surface area contributed by atoms with Gasteiger partial charge in [0.2, 0.25) is 0 Å². The van der Waals surface area contributed by atoms with Crippen molar-refractivity contribution in [2.24, 2.45) is 0 Å². The molecule has 0 spiro atoms. The van der Waals surface area contributed by atoms with Crippen molar-refractivity contribution in [2.45, 2.75) is 52.2 Å². The lowest BCUT2D eigenvalue weighted by atomic mass is 9.98. The number of hydrogen-bond donors (Lipinski definition) is 2. The summed E-state index contributed by atoms with van der Waals surface area (Å²) >= 11 is 1.76. The molecular weight excluding hydrogens is 294 g/mol. The van der Waals surface area contributed by atoms with Crippen LogP contribution in [0.5, 0.6) is 0 Å². The molecule has 2 rings (SSSR count). The molecule has 2 aromatic rings. The van der Waals surface area contributed by atoms with Crippen molar-refractivity contribution in [1.82, 2.24) is 15.3 Å². The number of hydrogen-bond acceptors (Lipinski definition) is 5.